The molecule has 0 aromatic heterocycles. The molecule has 0 saturated heterocycles. The van der Waals surface area contributed by atoms with E-state index >= 15 is 0 Å². The van der Waals surface area contributed by atoms with Crippen molar-refractivity contribution >= 4 is 18.2 Å². The highest BCUT2D eigenvalue weighted by molar-refractivity contribution is 6.28. The second-order valence-corrected chi connectivity index (χ2v) is 4.18. The van der Waals surface area contributed by atoms with Crippen molar-refractivity contribution in [2.75, 3.05) is 6.61 Å². The van der Waals surface area contributed by atoms with Gasteiger partial charge in [-0.15, -0.1) is 0 Å². The normalized spacial score (nSPS) is 17.6. The summed E-state index contributed by atoms with van der Waals surface area (Å²) in [6, 6.07) is 0. The summed E-state index contributed by atoms with van der Waals surface area (Å²) in [6.45, 7) is 1.90. The van der Waals surface area contributed by atoms with E-state index in [9.17, 15) is 9.59 Å². The van der Waals surface area contributed by atoms with E-state index in [0.29, 0.717) is 18.6 Å². The Morgan fingerprint density at radius 1 is 1.35 bits per heavy atom. The van der Waals surface area contributed by atoms with E-state index in [0.717, 1.165) is 12.8 Å². The molecule has 0 bridgehead atoms. The number of oxime groups is 1. The van der Waals surface area contributed by atoms with Gasteiger partial charge < -0.3 is 4.74 Å². The predicted molar refractivity (Wildman–Crippen MR) is 62.8 cm³/mol. The van der Waals surface area contributed by atoms with E-state index in [1.54, 1.807) is 6.92 Å². The maximum Gasteiger partial charge on any atom is 0.535 e. The summed E-state index contributed by atoms with van der Waals surface area (Å²) in [5.41, 5.74) is 0.282. The molecule has 1 rings (SSSR count). The molecule has 96 valence electrons. The van der Waals surface area contributed by atoms with Gasteiger partial charge in [-0.05, 0) is 19.3 Å². The molecule has 0 atom stereocenters. The Morgan fingerprint density at radius 2 is 2.06 bits per heavy atom. The van der Waals surface area contributed by atoms with Crippen LogP contribution in [-0.4, -0.2) is 24.8 Å². The molecule has 0 heterocycles. The highest BCUT2D eigenvalue weighted by Gasteiger charge is 2.16. The summed E-state index contributed by atoms with van der Waals surface area (Å²) >= 11 is 0. The Labute approximate surface area is 101 Å². The van der Waals surface area contributed by atoms with Crippen LogP contribution < -0.4 is 0 Å². The molecule has 5 nitrogen and oxygen atoms in total. The van der Waals surface area contributed by atoms with Crippen molar-refractivity contribution in [1.29, 1.82) is 0 Å². The Bertz CT molecular complexity index is 282. The van der Waals surface area contributed by atoms with Crippen LogP contribution in [0.15, 0.2) is 5.16 Å². The maximum absolute atomic E-state index is 10.9. The monoisotopic (exact) mass is 241 g/mol. The fourth-order valence-electron chi connectivity index (χ4n) is 2.03. The van der Waals surface area contributed by atoms with Gasteiger partial charge in [0, 0.05) is 0 Å². The Morgan fingerprint density at radius 3 is 2.65 bits per heavy atom. The van der Waals surface area contributed by atoms with Crippen LogP contribution in [0.4, 0.5) is 4.79 Å². The van der Waals surface area contributed by atoms with Gasteiger partial charge in [-0.2, -0.15) is 0 Å². The minimum Gasteiger partial charge on any atom is -0.433 e. The second kappa shape index (κ2) is 7.81. The average Bonchev–Trinajstić information content (AvgIpc) is 2.36. The number of ether oxygens (including phenoxy) is 1. The van der Waals surface area contributed by atoms with Crippen molar-refractivity contribution in [1.82, 2.24) is 0 Å². The smallest absolute Gasteiger partial charge is 0.433 e. The van der Waals surface area contributed by atoms with Gasteiger partial charge in [-0.1, -0.05) is 37.3 Å². The fraction of sp³-hybridized carbons (Fsp3) is 0.750. The third-order valence-corrected chi connectivity index (χ3v) is 2.86. The molecule has 5 heteroatoms. The van der Waals surface area contributed by atoms with Gasteiger partial charge in [0.25, 0.3) is 0 Å². The zero-order valence-corrected chi connectivity index (χ0v) is 10.2. The Hall–Kier alpha value is -1.39. The lowest BCUT2D eigenvalue weighted by Gasteiger charge is -2.20. The molecule has 0 aliphatic heterocycles. The lowest BCUT2D eigenvalue weighted by atomic mass is 9.86. The summed E-state index contributed by atoms with van der Waals surface area (Å²) in [5.74, 6) is 0.485. The van der Waals surface area contributed by atoms with E-state index < -0.39 is 6.16 Å². The van der Waals surface area contributed by atoms with Crippen LogP contribution in [-0.2, 0) is 14.4 Å². The minimum atomic E-state index is -0.865. The number of aldehydes is 1. The maximum atomic E-state index is 10.9. The van der Waals surface area contributed by atoms with Crippen LogP contribution in [0.1, 0.15) is 45.4 Å². The molecule has 0 spiro atoms. The Kier molecular flexibility index (Phi) is 6.29. The third kappa shape index (κ3) is 5.47. The van der Waals surface area contributed by atoms with Crippen LogP contribution in [0.2, 0.25) is 0 Å². The number of carbonyl (C=O) groups is 2. The second-order valence-electron chi connectivity index (χ2n) is 4.18. The molecule has 0 N–H and O–H groups in total. The zero-order chi connectivity index (χ0) is 12.5. The quantitative estimate of drug-likeness (QED) is 0.244. The summed E-state index contributed by atoms with van der Waals surface area (Å²) < 4.78 is 4.54. The van der Waals surface area contributed by atoms with Crippen LogP contribution in [0.25, 0.3) is 0 Å². The van der Waals surface area contributed by atoms with Crippen molar-refractivity contribution in [2.45, 2.75) is 45.4 Å². The van der Waals surface area contributed by atoms with Crippen LogP contribution in [0.3, 0.4) is 0 Å². The number of nitrogens with zero attached hydrogens (tertiary/aromatic N) is 1. The van der Waals surface area contributed by atoms with Crippen molar-refractivity contribution in [3.8, 4) is 0 Å². The molecule has 1 fully saturated rings. The highest BCUT2D eigenvalue weighted by atomic mass is 16.8. The molecule has 0 aromatic carbocycles. The van der Waals surface area contributed by atoms with E-state index in [-0.39, 0.29) is 12.3 Å². The van der Waals surface area contributed by atoms with Gasteiger partial charge in [0.15, 0.2) is 6.29 Å². The average molecular weight is 241 g/mol. The van der Waals surface area contributed by atoms with Gasteiger partial charge in [0.2, 0.25) is 0 Å². The van der Waals surface area contributed by atoms with E-state index in [1.165, 1.54) is 19.3 Å². The van der Waals surface area contributed by atoms with Crippen LogP contribution in [0.5, 0.6) is 0 Å². The first-order chi connectivity index (χ1) is 8.26. The molecular formula is C12H19NO4. The SMILES string of the molecule is CCOC(=O)ON=C(C=O)CC1CCCCC1. The lowest BCUT2D eigenvalue weighted by molar-refractivity contribution is -0.103. The largest absolute Gasteiger partial charge is 0.535 e. The molecule has 1 aliphatic rings. The van der Waals surface area contributed by atoms with Gasteiger partial charge in [0.05, 0.1) is 6.61 Å². The molecule has 0 unspecified atom stereocenters. The zero-order valence-electron chi connectivity index (χ0n) is 10.2. The summed E-state index contributed by atoms with van der Waals surface area (Å²) in [4.78, 5) is 26.1. The molecule has 0 aromatic rings. The Balaban J connectivity index is 2.38. The number of hydrogen-bond donors (Lipinski definition) is 0. The first-order valence-electron chi connectivity index (χ1n) is 6.12. The van der Waals surface area contributed by atoms with Gasteiger partial charge in [0.1, 0.15) is 5.71 Å². The van der Waals surface area contributed by atoms with Crippen molar-refractivity contribution in [3.63, 3.8) is 0 Å². The molecule has 0 amide bonds. The number of rotatable bonds is 5. The van der Waals surface area contributed by atoms with Crippen LogP contribution in [0, 0.1) is 5.92 Å². The summed E-state index contributed by atoms with van der Waals surface area (Å²) in [6.07, 6.45) is 6.28. The standard InChI is InChI=1S/C12H19NO4/c1-2-16-12(15)17-13-11(9-14)8-10-6-4-3-5-7-10/h9-10H,2-8H2,1H3. The van der Waals surface area contributed by atoms with Crippen molar-refractivity contribution in [2.24, 2.45) is 11.1 Å². The number of carbonyl (C=O) groups excluding carboxylic acids is 2. The number of hydrogen-bond acceptors (Lipinski definition) is 5. The van der Waals surface area contributed by atoms with Crippen molar-refractivity contribution < 1.29 is 19.2 Å². The van der Waals surface area contributed by atoms with Gasteiger partial charge >= 0.3 is 6.16 Å². The van der Waals surface area contributed by atoms with Crippen molar-refractivity contribution in [3.05, 3.63) is 0 Å². The van der Waals surface area contributed by atoms with Crippen LogP contribution >= 0.6 is 0 Å². The molecule has 1 aliphatic carbocycles. The highest BCUT2D eigenvalue weighted by Crippen LogP contribution is 2.26. The van der Waals surface area contributed by atoms with E-state index in [2.05, 4.69) is 14.7 Å². The third-order valence-electron chi connectivity index (χ3n) is 2.86. The topological polar surface area (TPSA) is 65.0 Å². The minimum absolute atomic E-state index is 0.230. The predicted octanol–water partition coefficient (Wildman–Crippen LogP) is 2.68. The summed E-state index contributed by atoms with van der Waals surface area (Å²) in [5, 5.41) is 3.53. The van der Waals surface area contributed by atoms with Gasteiger partial charge in [-0.3, -0.25) is 9.63 Å². The first-order valence-corrected chi connectivity index (χ1v) is 6.12. The van der Waals surface area contributed by atoms with Gasteiger partial charge in [-0.25, -0.2) is 4.79 Å². The fourth-order valence-corrected chi connectivity index (χ4v) is 2.03. The molecular weight excluding hydrogens is 222 g/mol. The molecule has 0 radical (unpaired) electrons. The first kappa shape index (κ1) is 13.7. The summed E-state index contributed by atoms with van der Waals surface area (Å²) in [7, 11) is 0. The molecule has 1 saturated carbocycles. The van der Waals surface area contributed by atoms with E-state index in [1.807, 2.05) is 0 Å². The van der Waals surface area contributed by atoms with E-state index in [4.69, 9.17) is 0 Å². The lowest BCUT2D eigenvalue weighted by Crippen LogP contribution is -2.14. The molecule has 17 heavy (non-hydrogen) atoms.